The highest BCUT2D eigenvalue weighted by atomic mass is 35.5. The molecule has 150 valence electrons. The summed E-state index contributed by atoms with van der Waals surface area (Å²) in [5.74, 6) is 0. The summed E-state index contributed by atoms with van der Waals surface area (Å²) in [4.78, 5) is 0.360. The lowest BCUT2D eigenvalue weighted by atomic mass is 10.4. The molecule has 0 atom stereocenters. The lowest BCUT2D eigenvalue weighted by Crippen LogP contribution is -2.24. The first-order valence-corrected chi connectivity index (χ1v) is 9.86. The number of rotatable bonds is 2. The van der Waals surface area contributed by atoms with E-state index >= 15 is 0 Å². The highest BCUT2D eigenvalue weighted by Crippen LogP contribution is 2.38. The second-order valence-electron chi connectivity index (χ2n) is 4.56. The fourth-order valence-corrected chi connectivity index (χ4v) is 3.42. The van der Waals surface area contributed by atoms with Crippen LogP contribution in [0.25, 0.3) is 0 Å². The molecule has 0 fully saturated rings. The summed E-state index contributed by atoms with van der Waals surface area (Å²) in [6.07, 6.45) is 0. The molecule has 2 aromatic rings. The van der Waals surface area contributed by atoms with Crippen LogP contribution in [0, 0.1) is 0 Å². The zero-order chi connectivity index (χ0) is 21.0. The quantitative estimate of drug-likeness (QED) is 0.247. The molecule has 0 radical (unpaired) electrons. The average Bonchev–Trinajstić information content (AvgIpc) is 2.49. The van der Waals surface area contributed by atoms with Crippen LogP contribution >= 0.6 is 23.2 Å². The van der Waals surface area contributed by atoms with Gasteiger partial charge in [-0.05, 0) is 48.5 Å². The first-order chi connectivity index (χ1) is 12.1. The van der Waals surface area contributed by atoms with Gasteiger partial charge in [0.05, 0.1) is 0 Å². The molecule has 0 aliphatic heterocycles. The summed E-state index contributed by atoms with van der Waals surface area (Å²) in [5.41, 5.74) is -9.99. The Kier molecular flexibility index (Phi) is 7.88. The van der Waals surface area contributed by atoms with Gasteiger partial charge in [0.2, 0.25) is 0 Å². The van der Waals surface area contributed by atoms with Crippen molar-refractivity contribution in [1.82, 2.24) is 0 Å². The first-order valence-electron chi connectivity index (χ1n) is 6.47. The predicted molar refractivity (Wildman–Crippen MR) is 88.6 cm³/mol. The van der Waals surface area contributed by atoms with Crippen LogP contribution in [0.4, 0.5) is 26.3 Å². The third-order valence-electron chi connectivity index (χ3n) is 2.61. The van der Waals surface area contributed by atoms with Gasteiger partial charge in [-0.25, -0.2) is 8.42 Å². The molecule has 0 saturated carbocycles. The molecule has 2 rings (SSSR count). The lowest BCUT2D eigenvalue weighted by molar-refractivity contribution is -0.0518. The zero-order valence-corrected chi connectivity index (χ0v) is 15.8. The van der Waals surface area contributed by atoms with Gasteiger partial charge in [0.15, 0.2) is 30.8 Å². The summed E-state index contributed by atoms with van der Waals surface area (Å²) in [7, 11) is -8.09. The van der Waals surface area contributed by atoms with Crippen molar-refractivity contribution in [3.63, 3.8) is 0 Å². The molecular formula is C14H8Cl2F6O3S2. The predicted octanol–water partition coefficient (Wildman–Crippen LogP) is 5.60. The average molecular weight is 473 g/mol. The molecule has 0 aliphatic carbocycles. The van der Waals surface area contributed by atoms with Crippen LogP contribution in [0.5, 0.6) is 0 Å². The molecule has 0 N–H and O–H groups in total. The second-order valence-corrected chi connectivity index (χ2v) is 8.82. The number of hydrogen-bond donors (Lipinski definition) is 0. The summed E-state index contributed by atoms with van der Waals surface area (Å²) in [5, 5.41) is 0.816. The molecule has 0 aromatic heterocycles. The smallest absolute Gasteiger partial charge is 0.586 e. The monoisotopic (exact) mass is 472 g/mol. The molecule has 13 heteroatoms. The Balaban J connectivity index is 0.000000387. The van der Waals surface area contributed by atoms with Crippen LogP contribution in [0.3, 0.4) is 0 Å². The second kappa shape index (κ2) is 8.91. The molecule has 0 bridgehead atoms. The van der Waals surface area contributed by atoms with Gasteiger partial charge in [-0.2, -0.15) is 13.2 Å². The lowest BCUT2D eigenvalue weighted by Gasteiger charge is -2.10. The van der Waals surface area contributed by atoms with Crippen molar-refractivity contribution >= 4 is 44.2 Å². The highest BCUT2D eigenvalue weighted by molar-refractivity contribution is 7.97. The summed E-state index contributed by atoms with van der Waals surface area (Å²) in [6, 6.07) is 11.4. The molecule has 0 spiro atoms. The molecule has 0 heterocycles. The standard InChI is InChI=1S/C13H8Cl2F3S.CHF3O3S/c14-9-1-5-11(6-2-9)19(13(16,17)18)12-7-3-10(15)4-8-12;2-1(3,4)8(5,6)7/h1-8H;(H,5,6,7)/q+1;/p-1. The van der Waals surface area contributed by atoms with Crippen molar-refractivity contribution in [2.24, 2.45) is 0 Å². The van der Waals surface area contributed by atoms with Gasteiger partial charge in [0, 0.05) is 10.0 Å². The van der Waals surface area contributed by atoms with Gasteiger partial charge in [0.1, 0.15) is 0 Å². The third kappa shape index (κ3) is 7.41. The topological polar surface area (TPSA) is 57.2 Å². The van der Waals surface area contributed by atoms with Gasteiger partial charge in [-0.15, -0.1) is 13.2 Å². The Morgan fingerprint density at radius 1 is 0.741 bits per heavy atom. The van der Waals surface area contributed by atoms with E-state index in [0.717, 1.165) is 0 Å². The van der Waals surface area contributed by atoms with Crippen LogP contribution < -0.4 is 0 Å². The van der Waals surface area contributed by atoms with Crippen molar-refractivity contribution in [3.8, 4) is 0 Å². The largest absolute Gasteiger partial charge is 0.741 e. The molecule has 0 saturated heterocycles. The van der Waals surface area contributed by atoms with Gasteiger partial charge >= 0.3 is 11.0 Å². The molecule has 2 aromatic carbocycles. The Bertz CT molecular complexity index is 805. The van der Waals surface area contributed by atoms with Crippen LogP contribution in [0.15, 0.2) is 58.3 Å². The Hall–Kier alpha value is -1.14. The summed E-state index contributed by atoms with van der Waals surface area (Å²) >= 11 is 11.4. The zero-order valence-electron chi connectivity index (χ0n) is 12.7. The van der Waals surface area contributed by atoms with E-state index in [0.29, 0.717) is 10.0 Å². The minimum Gasteiger partial charge on any atom is -0.741 e. The van der Waals surface area contributed by atoms with Crippen LogP contribution in [-0.2, 0) is 21.0 Å². The fraction of sp³-hybridized carbons (Fsp3) is 0.143. The van der Waals surface area contributed by atoms with E-state index in [1.54, 1.807) is 0 Å². The molecule has 0 aliphatic rings. The van der Waals surface area contributed by atoms with Crippen molar-refractivity contribution in [2.45, 2.75) is 20.8 Å². The normalized spacial score (nSPS) is 12.5. The van der Waals surface area contributed by atoms with Crippen molar-refractivity contribution in [1.29, 1.82) is 0 Å². The van der Waals surface area contributed by atoms with E-state index in [9.17, 15) is 26.3 Å². The Morgan fingerprint density at radius 3 is 1.19 bits per heavy atom. The van der Waals surface area contributed by atoms with Gasteiger partial charge in [0.25, 0.3) is 0 Å². The minimum absolute atomic E-state index is 0.180. The maximum absolute atomic E-state index is 13.2. The van der Waals surface area contributed by atoms with Gasteiger partial charge in [-0.3, -0.25) is 0 Å². The fourth-order valence-electron chi connectivity index (χ4n) is 1.54. The van der Waals surface area contributed by atoms with E-state index in [-0.39, 0.29) is 9.79 Å². The van der Waals surface area contributed by atoms with Crippen LogP contribution in [-0.4, -0.2) is 24.0 Å². The molecular weight excluding hydrogens is 465 g/mol. The minimum atomic E-state index is -6.09. The van der Waals surface area contributed by atoms with Crippen LogP contribution in [0.2, 0.25) is 10.0 Å². The van der Waals surface area contributed by atoms with E-state index in [2.05, 4.69) is 0 Å². The van der Waals surface area contributed by atoms with Crippen molar-refractivity contribution in [3.05, 3.63) is 58.6 Å². The van der Waals surface area contributed by atoms with E-state index in [4.69, 9.17) is 36.2 Å². The number of halogens is 8. The Labute approximate surface area is 163 Å². The maximum atomic E-state index is 13.2. The van der Waals surface area contributed by atoms with E-state index < -0.39 is 32.0 Å². The summed E-state index contributed by atoms with van der Waals surface area (Å²) < 4.78 is 98.6. The number of alkyl halides is 6. The molecule has 27 heavy (non-hydrogen) atoms. The number of hydrogen-bond acceptors (Lipinski definition) is 3. The van der Waals surface area contributed by atoms with Gasteiger partial charge < -0.3 is 4.55 Å². The summed E-state index contributed by atoms with van der Waals surface area (Å²) in [6.45, 7) is 0. The van der Waals surface area contributed by atoms with Crippen molar-refractivity contribution in [2.75, 3.05) is 0 Å². The van der Waals surface area contributed by atoms with Crippen LogP contribution in [0.1, 0.15) is 0 Å². The maximum Gasteiger partial charge on any atom is 0.586 e. The first kappa shape index (κ1) is 23.9. The van der Waals surface area contributed by atoms with Crippen molar-refractivity contribution < 1.29 is 39.3 Å². The highest BCUT2D eigenvalue weighted by Gasteiger charge is 2.54. The molecule has 0 amide bonds. The Morgan fingerprint density at radius 2 is 1.00 bits per heavy atom. The number of benzene rings is 2. The molecule has 3 nitrogen and oxygen atoms in total. The SMILES string of the molecule is FC(F)(F)[S+](c1ccc(Cl)cc1)c1ccc(Cl)cc1.O=S(=O)([O-])C(F)(F)F. The third-order valence-corrected chi connectivity index (χ3v) is 5.63. The molecule has 0 unspecified atom stereocenters. The van der Waals surface area contributed by atoms with E-state index in [1.165, 1.54) is 48.5 Å². The van der Waals surface area contributed by atoms with E-state index in [1.807, 2.05) is 0 Å². The van der Waals surface area contributed by atoms with Gasteiger partial charge in [-0.1, -0.05) is 23.2 Å².